The smallest absolute Gasteiger partial charge is 0.217 e. The molecule has 4 unspecified atom stereocenters. The molecule has 5 nitrogen and oxygen atoms in total. The second kappa shape index (κ2) is 11.6. The molecule has 0 radical (unpaired) electrons. The first-order valence-electron chi connectivity index (χ1n) is 9.66. The number of carbonyl (C=O) groups excluding carboxylic acids is 2. The molecular weight excluding hydrogens is 354 g/mol. The van der Waals surface area contributed by atoms with Crippen LogP contribution in [0.4, 0.5) is 0 Å². The molecule has 1 amide bonds. The van der Waals surface area contributed by atoms with Crippen LogP contribution in [-0.2, 0) is 9.59 Å². The number of aliphatic hydroxyl groups excluding tert-OH is 2. The average Bonchev–Trinajstić information content (AvgIpc) is 2.64. The number of nitrogens with one attached hydrogen (secondary N) is 1. The van der Waals surface area contributed by atoms with Gasteiger partial charge in [-0.2, -0.15) is 0 Å². The van der Waals surface area contributed by atoms with E-state index in [1.54, 1.807) is 38.2 Å². The van der Waals surface area contributed by atoms with Crippen molar-refractivity contribution < 1.29 is 19.8 Å². The van der Waals surface area contributed by atoms with E-state index in [1.165, 1.54) is 6.92 Å². The molecule has 0 fully saturated rings. The molecule has 1 rings (SSSR count). The molecule has 0 saturated heterocycles. The monoisotopic (exact) mass is 387 g/mol. The number of hydrogen-bond acceptors (Lipinski definition) is 4. The number of rotatable bonds is 1. The largest absolute Gasteiger partial charge is 0.389 e. The summed E-state index contributed by atoms with van der Waals surface area (Å²) in [6, 6.07) is -0.460. The van der Waals surface area contributed by atoms with Crippen molar-refractivity contribution in [2.24, 2.45) is 5.92 Å². The van der Waals surface area contributed by atoms with E-state index >= 15 is 0 Å². The van der Waals surface area contributed by atoms with Gasteiger partial charge >= 0.3 is 0 Å². The zero-order valence-electron chi connectivity index (χ0n) is 17.5. The minimum Gasteiger partial charge on any atom is -0.389 e. The molecule has 0 spiro atoms. The minimum atomic E-state index is -0.699. The van der Waals surface area contributed by atoms with E-state index in [4.69, 9.17) is 0 Å². The molecule has 1 aliphatic rings. The first-order chi connectivity index (χ1) is 13.1. The van der Waals surface area contributed by atoms with Crippen molar-refractivity contribution in [1.82, 2.24) is 5.32 Å². The lowest BCUT2D eigenvalue weighted by atomic mass is 9.90. The first-order valence-corrected chi connectivity index (χ1v) is 9.66. The highest BCUT2D eigenvalue weighted by molar-refractivity contribution is 5.97. The van der Waals surface area contributed by atoms with Crippen LogP contribution in [0.25, 0.3) is 0 Å². The molecule has 0 aromatic carbocycles. The van der Waals surface area contributed by atoms with Crippen LogP contribution < -0.4 is 5.32 Å². The number of hydrogen-bond donors (Lipinski definition) is 3. The minimum absolute atomic E-state index is 0.0802. The summed E-state index contributed by atoms with van der Waals surface area (Å²) in [4.78, 5) is 24.4. The van der Waals surface area contributed by atoms with Crippen LogP contribution in [0.2, 0.25) is 0 Å². The zero-order valence-corrected chi connectivity index (χ0v) is 17.5. The average molecular weight is 388 g/mol. The van der Waals surface area contributed by atoms with E-state index in [9.17, 15) is 19.8 Å². The quantitative estimate of drug-likeness (QED) is 0.645. The van der Waals surface area contributed by atoms with Crippen molar-refractivity contribution in [3.05, 3.63) is 59.3 Å². The number of carbonyl (C=O) groups is 2. The molecule has 0 saturated carbocycles. The summed E-state index contributed by atoms with van der Waals surface area (Å²) in [5.41, 5.74) is 2.35. The highest BCUT2D eigenvalue weighted by Crippen LogP contribution is 2.16. The molecule has 0 aromatic heterocycles. The summed E-state index contributed by atoms with van der Waals surface area (Å²) in [5.74, 6) is -0.754. The van der Waals surface area contributed by atoms with Crippen molar-refractivity contribution in [3.8, 4) is 0 Å². The number of ketones is 1. The fraction of sp³-hybridized carbons (Fsp3) is 0.478. The fourth-order valence-electron chi connectivity index (χ4n) is 2.86. The van der Waals surface area contributed by atoms with E-state index < -0.39 is 24.2 Å². The number of amides is 1. The molecule has 5 heteroatoms. The van der Waals surface area contributed by atoms with Gasteiger partial charge in [0.05, 0.1) is 18.2 Å². The van der Waals surface area contributed by atoms with Crippen LogP contribution >= 0.6 is 0 Å². The van der Waals surface area contributed by atoms with Gasteiger partial charge in [0.2, 0.25) is 5.91 Å². The number of aliphatic hydroxyl groups is 2. The molecule has 4 atom stereocenters. The lowest BCUT2D eigenvalue weighted by molar-refractivity contribution is -0.121. The van der Waals surface area contributed by atoms with Crippen LogP contribution in [0.5, 0.6) is 0 Å². The van der Waals surface area contributed by atoms with Crippen LogP contribution in [0.3, 0.4) is 0 Å². The van der Waals surface area contributed by atoms with Crippen molar-refractivity contribution in [2.75, 3.05) is 0 Å². The van der Waals surface area contributed by atoms with Gasteiger partial charge in [-0.15, -0.1) is 0 Å². The maximum absolute atomic E-state index is 12.8. The second-order valence-electron chi connectivity index (χ2n) is 7.45. The highest BCUT2D eigenvalue weighted by atomic mass is 16.3. The maximum Gasteiger partial charge on any atom is 0.217 e. The molecule has 28 heavy (non-hydrogen) atoms. The summed E-state index contributed by atoms with van der Waals surface area (Å²) in [6.07, 6.45) is 11.9. The molecule has 0 bridgehead atoms. The van der Waals surface area contributed by atoms with Gasteiger partial charge in [0.25, 0.3) is 0 Å². The van der Waals surface area contributed by atoms with Crippen molar-refractivity contribution in [1.29, 1.82) is 0 Å². The molecule has 0 heterocycles. The lowest BCUT2D eigenvalue weighted by Crippen LogP contribution is -2.40. The fourth-order valence-corrected chi connectivity index (χ4v) is 2.86. The Morgan fingerprint density at radius 2 is 1.54 bits per heavy atom. The summed E-state index contributed by atoms with van der Waals surface area (Å²) in [7, 11) is 0. The van der Waals surface area contributed by atoms with Crippen LogP contribution in [0.1, 0.15) is 47.5 Å². The van der Waals surface area contributed by atoms with E-state index in [0.29, 0.717) is 18.4 Å². The Hall–Kier alpha value is -2.24. The van der Waals surface area contributed by atoms with Gasteiger partial charge in [-0.3, -0.25) is 9.59 Å². The number of allylic oxidation sites excluding steroid dienone is 5. The molecule has 3 N–H and O–H groups in total. The summed E-state index contributed by atoms with van der Waals surface area (Å²) in [6.45, 7) is 8.70. The predicted molar refractivity (Wildman–Crippen MR) is 113 cm³/mol. The number of Topliss-reactive ketones (excluding diaryl/α,β-unsaturated/α-hetero) is 1. The van der Waals surface area contributed by atoms with Gasteiger partial charge in [0, 0.05) is 12.8 Å². The van der Waals surface area contributed by atoms with E-state index in [0.717, 1.165) is 11.1 Å². The normalized spacial score (nSPS) is 36.0. The summed E-state index contributed by atoms with van der Waals surface area (Å²) >= 11 is 0. The zero-order chi connectivity index (χ0) is 21.3. The van der Waals surface area contributed by atoms with Crippen molar-refractivity contribution in [2.45, 2.75) is 65.7 Å². The van der Waals surface area contributed by atoms with Crippen LogP contribution in [-0.4, -0.2) is 40.2 Å². The van der Waals surface area contributed by atoms with Gasteiger partial charge in [0.15, 0.2) is 5.78 Å². The van der Waals surface area contributed by atoms with E-state index in [2.05, 4.69) is 5.32 Å². The predicted octanol–water partition coefficient (Wildman–Crippen LogP) is 3.16. The third kappa shape index (κ3) is 8.63. The van der Waals surface area contributed by atoms with Crippen LogP contribution in [0.15, 0.2) is 59.3 Å². The molecular formula is C23H33NO4. The van der Waals surface area contributed by atoms with Gasteiger partial charge in [-0.25, -0.2) is 0 Å². The van der Waals surface area contributed by atoms with E-state index in [1.807, 2.05) is 32.1 Å². The molecule has 1 aliphatic carbocycles. The topological polar surface area (TPSA) is 86.6 Å². The van der Waals surface area contributed by atoms with Gasteiger partial charge in [-0.1, -0.05) is 60.6 Å². The Kier molecular flexibility index (Phi) is 9.83. The Balaban J connectivity index is 3.26. The lowest BCUT2D eigenvalue weighted by Gasteiger charge is -2.22. The Morgan fingerprint density at radius 3 is 2.11 bits per heavy atom. The van der Waals surface area contributed by atoms with E-state index in [-0.39, 0.29) is 11.7 Å². The van der Waals surface area contributed by atoms with Crippen LogP contribution in [0, 0.1) is 5.92 Å². The highest BCUT2D eigenvalue weighted by Gasteiger charge is 2.24. The molecule has 154 valence electrons. The third-order valence-electron chi connectivity index (χ3n) is 4.66. The van der Waals surface area contributed by atoms with Gasteiger partial charge < -0.3 is 15.5 Å². The Morgan fingerprint density at radius 1 is 1.00 bits per heavy atom. The van der Waals surface area contributed by atoms with Crippen molar-refractivity contribution >= 4 is 11.7 Å². The van der Waals surface area contributed by atoms with Gasteiger partial charge in [0.1, 0.15) is 0 Å². The molecule has 0 aliphatic heterocycles. The third-order valence-corrected chi connectivity index (χ3v) is 4.66. The summed E-state index contributed by atoms with van der Waals surface area (Å²) < 4.78 is 0. The first kappa shape index (κ1) is 23.8. The SMILES string of the molecule is CC(=O)NC1/C=C(C)/C=C/C(O)C/C=C(C)/C=C/C(O)C/C=C(\C)C(=O)C1C. The van der Waals surface area contributed by atoms with Crippen molar-refractivity contribution in [3.63, 3.8) is 0 Å². The van der Waals surface area contributed by atoms with Gasteiger partial charge in [-0.05, 0) is 39.2 Å². The summed E-state index contributed by atoms with van der Waals surface area (Å²) in [5, 5.41) is 23.1. The Bertz CT molecular complexity index is 712. The molecule has 0 aromatic rings. The maximum atomic E-state index is 12.8. The standard InChI is InChI=1S/C23H33NO4/c1-15-6-10-20(26)12-8-16(2)14-22(24-19(5)25)18(4)23(28)17(3)9-13-21(27)11-7-15/h6-9,11-12,14,18,20-22,26-27H,10,13H2,1-5H3,(H,24,25)/b11-7+,12-8+,15-6+,16-14+,17-9+. The second-order valence-corrected chi connectivity index (χ2v) is 7.45. The Labute approximate surface area is 168 Å².